The van der Waals surface area contributed by atoms with Crippen molar-refractivity contribution in [3.05, 3.63) is 18.2 Å². The Morgan fingerprint density at radius 3 is 2.68 bits per heavy atom. The maximum absolute atomic E-state index is 9.38. The molecule has 0 radical (unpaired) electrons. The lowest BCUT2D eigenvalue weighted by molar-refractivity contribution is 0.259. The predicted octanol–water partition coefficient (Wildman–Crippen LogP) is 2.88. The van der Waals surface area contributed by atoms with E-state index < -0.39 is 0 Å². The molecule has 4 N–H and O–H groups in total. The van der Waals surface area contributed by atoms with Crippen molar-refractivity contribution in [2.75, 3.05) is 24.3 Å². The molecular weight excluding hydrogens is 240 g/mol. The second kappa shape index (κ2) is 7.89. The second-order valence-electron chi connectivity index (χ2n) is 5.25. The number of anilines is 2. The SMILES string of the molecule is CCCOc1cc(NC(CO)CC(C)C)ccc1N. The van der Waals surface area contributed by atoms with Gasteiger partial charge in [-0.3, -0.25) is 0 Å². The van der Waals surface area contributed by atoms with Crippen LogP contribution in [0, 0.1) is 5.92 Å². The highest BCUT2D eigenvalue weighted by Crippen LogP contribution is 2.26. The minimum absolute atomic E-state index is 0.0580. The lowest BCUT2D eigenvalue weighted by Crippen LogP contribution is -2.25. The molecule has 0 amide bonds. The quantitative estimate of drug-likeness (QED) is 0.633. The Balaban J connectivity index is 2.71. The summed E-state index contributed by atoms with van der Waals surface area (Å²) in [5.41, 5.74) is 7.44. The zero-order chi connectivity index (χ0) is 14.3. The minimum atomic E-state index is 0.0580. The van der Waals surface area contributed by atoms with E-state index in [9.17, 15) is 5.11 Å². The predicted molar refractivity (Wildman–Crippen MR) is 80.6 cm³/mol. The molecule has 1 aromatic rings. The van der Waals surface area contributed by atoms with E-state index in [-0.39, 0.29) is 12.6 Å². The average Bonchev–Trinajstić information content (AvgIpc) is 2.38. The van der Waals surface area contributed by atoms with E-state index in [4.69, 9.17) is 10.5 Å². The van der Waals surface area contributed by atoms with Crippen molar-refractivity contribution in [3.8, 4) is 5.75 Å². The Morgan fingerprint density at radius 2 is 2.11 bits per heavy atom. The summed E-state index contributed by atoms with van der Waals surface area (Å²) in [5, 5.41) is 12.7. The topological polar surface area (TPSA) is 67.5 Å². The van der Waals surface area contributed by atoms with E-state index in [2.05, 4.69) is 26.1 Å². The van der Waals surface area contributed by atoms with Crippen LogP contribution >= 0.6 is 0 Å². The van der Waals surface area contributed by atoms with E-state index in [1.807, 2.05) is 18.2 Å². The van der Waals surface area contributed by atoms with Crippen molar-refractivity contribution >= 4 is 11.4 Å². The van der Waals surface area contributed by atoms with Gasteiger partial charge in [-0.1, -0.05) is 20.8 Å². The lowest BCUT2D eigenvalue weighted by atomic mass is 10.0. The van der Waals surface area contributed by atoms with Gasteiger partial charge in [0.15, 0.2) is 0 Å². The number of ether oxygens (including phenoxy) is 1. The van der Waals surface area contributed by atoms with Crippen LogP contribution in [0.5, 0.6) is 5.75 Å². The van der Waals surface area contributed by atoms with Gasteiger partial charge in [0, 0.05) is 17.8 Å². The third-order valence-electron chi connectivity index (χ3n) is 2.82. The molecule has 19 heavy (non-hydrogen) atoms. The summed E-state index contributed by atoms with van der Waals surface area (Å²) in [7, 11) is 0. The normalized spacial score (nSPS) is 12.5. The number of aliphatic hydroxyl groups excluding tert-OH is 1. The zero-order valence-corrected chi connectivity index (χ0v) is 12.1. The molecule has 0 bridgehead atoms. The van der Waals surface area contributed by atoms with Gasteiger partial charge in [-0.25, -0.2) is 0 Å². The summed E-state index contributed by atoms with van der Waals surface area (Å²) >= 11 is 0. The molecule has 0 spiro atoms. The van der Waals surface area contributed by atoms with Gasteiger partial charge < -0.3 is 20.9 Å². The molecule has 4 nitrogen and oxygen atoms in total. The summed E-state index contributed by atoms with van der Waals surface area (Å²) in [4.78, 5) is 0. The van der Waals surface area contributed by atoms with Crippen molar-refractivity contribution in [2.45, 2.75) is 39.7 Å². The molecule has 0 fully saturated rings. The molecule has 0 aliphatic carbocycles. The molecule has 0 aliphatic rings. The molecule has 0 aromatic heterocycles. The molecule has 0 saturated carbocycles. The Kier molecular flexibility index (Phi) is 6.50. The first-order chi connectivity index (χ1) is 9.06. The number of hydrogen-bond donors (Lipinski definition) is 3. The average molecular weight is 266 g/mol. The molecule has 1 unspecified atom stereocenters. The molecule has 1 rings (SSSR count). The molecule has 1 atom stereocenters. The summed E-state index contributed by atoms with van der Waals surface area (Å²) in [6.45, 7) is 7.12. The van der Waals surface area contributed by atoms with E-state index in [1.54, 1.807) is 0 Å². The van der Waals surface area contributed by atoms with Crippen molar-refractivity contribution < 1.29 is 9.84 Å². The number of nitrogens with one attached hydrogen (secondary N) is 1. The molecule has 0 heterocycles. The van der Waals surface area contributed by atoms with Crippen LogP contribution in [0.25, 0.3) is 0 Å². The van der Waals surface area contributed by atoms with Crippen LogP contribution in [0.4, 0.5) is 11.4 Å². The summed E-state index contributed by atoms with van der Waals surface area (Å²) in [5.74, 6) is 1.24. The van der Waals surface area contributed by atoms with Crippen LogP contribution in [-0.4, -0.2) is 24.4 Å². The molecule has 0 saturated heterocycles. The maximum Gasteiger partial charge on any atom is 0.144 e. The number of benzene rings is 1. The van der Waals surface area contributed by atoms with Gasteiger partial charge >= 0.3 is 0 Å². The third kappa shape index (κ3) is 5.39. The van der Waals surface area contributed by atoms with E-state index in [0.29, 0.717) is 24.0 Å². The van der Waals surface area contributed by atoms with Crippen LogP contribution in [0.1, 0.15) is 33.6 Å². The van der Waals surface area contributed by atoms with Crippen LogP contribution in [0.3, 0.4) is 0 Å². The number of hydrogen-bond acceptors (Lipinski definition) is 4. The highest BCUT2D eigenvalue weighted by Gasteiger charge is 2.10. The van der Waals surface area contributed by atoms with Crippen LogP contribution in [-0.2, 0) is 0 Å². The first-order valence-corrected chi connectivity index (χ1v) is 6.96. The highest BCUT2D eigenvalue weighted by atomic mass is 16.5. The van der Waals surface area contributed by atoms with Crippen LogP contribution in [0.2, 0.25) is 0 Å². The molecule has 1 aromatic carbocycles. The molecule has 0 aliphatic heterocycles. The Bertz CT molecular complexity index is 380. The summed E-state index contributed by atoms with van der Waals surface area (Å²) < 4.78 is 5.60. The first-order valence-electron chi connectivity index (χ1n) is 6.96. The fourth-order valence-corrected chi connectivity index (χ4v) is 1.95. The monoisotopic (exact) mass is 266 g/mol. The number of nitrogens with two attached hydrogens (primary N) is 1. The van der Waals surface area contributed by atoms with Gasteiger partial charge in [-0.05, 0) is 30.9 Å². The Labute approximate surface area is 116 Å². The fraction of sp³-hybridized carbons (Fsp3) is 0.600. The fourth-order valence-electron chi connectivity index (χ4n) is 1.95. The van der Waals surface area contributed by atoms with Crippen LogP contribution < -0.4 is 15.8 Å². The Hall–Kier alpha value is -1.42. The minimum Gasteiger partial charge on any atom is -0.491 e. The lowest BCUT2D eigenvalue weighted by Gasteiger charge is -2.20. The Morgan fingerprint density at radius 1 is 1.37 bits per heavy atom. The first kappa shape index (κ1) is 15.6. The molecular formula is C15H26N2O2. The molecule has 4 heteroatoms. The summed E-state index contributed by atoms with van der Waals surface area (Å²) in [6.07, 6.45) is 1.87. The number of aliphatic hydroxyl groups is 1. The zero-order valence-electron chi connectivity index (χ0n) is 12.1. The highest BCUT2D eigenvalue weighted by molar-refractivity contribution is 5.61. The van der Waals surface area contributed by atoms with Crippen molar-refractivity contribution in [1.29, 1.82) is 0 Å². The van der Waals surface area contributed by atoms with Crippen molar-refractivity contribution in [3.63, 3.8) is 0 Å². The van der Waals surface area contributed by atoms with Crippen molar-refractivity contribution in [2.24, 2.45) is 5.92 Å². The van der Waals surface area contributed by atoms with Crippen molar-refractivity contribution in [1.82, 2.24) is 0 Å². The van der Waals surface area contributed by atoms with E-state index in [0.717, 1.165) is 18.5 Å². The van der Waals surface area contributed by atoms with E-state index in [1.165, 1.54) is 0 Å². The maximum atomic E-state index is 9.38. The third-order valence-corrected chi connectivity index (χ3v) is 2.82. The number of rotatable bonds is 8. The van der Waals surface area contributed by atoms with Gasteiger partial charge in [-0.15, -0.1) is 0 Å². The molecule has 108 valence electrons. The van der Waals surface area contributed by atoms with Gasteiger partial charge in [0.05, 0.1) is 18.9 Å². The van der Waals surface area contributed by atoms with Gasteiger partial charge in [0.2, 0.25) is 0 Å². The van der Waals surface area contributed by atoms with Gasteiger partial charge in [0.1, 0.15) is 5.75 Å². The summed E-state index contributed by atoms with van der Waals surface area (Å²) in [6, 6.07) is 5.70. The van der Waals surface area contributed by atoms with Gasteiger partial charge in [0.25, 0.3) is 0 Å². The standard InChI is InChI=1S/C15H26N2O2/c1-4-7-19-15-9-12(5-6-14(15)16)17-13(10-18)8-11(2)3/h5-6,9,11,13,17-18H,4,7-8,10,16H2,1-3H3. The smallest absolute Gasteiger partial charge is 0.144 e. The largest absolute Gasteiger partial charge is 0.491 e. The van der Waals surface area contributed by atoms with Gasteiger partial charge in [-0.2, -0.15) is 0 Å². The van der Waals surface area contributed by atoms with Crippen LogP contribution in [0.15, 0.2) is 18.2 Å². The van der Waals surface area contributed by atoms with E-state index >= 15 is 0 Å². The number of nitrogen functional groups attached to an aromatic ring is 1. The second-order valence-corrected chi connectivity index (χ2v) is 5.25.